The van der Waals surface area contributed by atoms with Crippen LogP contribution in [0.25, 0.3) is 55.3 Å². The largest absolute Gasteiger partial charge is 0.310 e. The van der Waals surface area contributed by atoms with Gasteiger partial charge in [-0.3, -0.25) is 4.98 Å². The minimum Gasteiger partial charge on any atom is -0.310 e. The Morgan fingerprint density at radius 2 is 1.05 bits per heavy atom. The van der Waals surface area contributed by atoms with Crippen LogP contribution in [-0.4, -0.2) is 4.98 Å². The van der Waals surface area contributed by atoms with Crippen LogP contribution in [-0.2, 0) is 0 Å². The Morgan fingerprint density at radius 3 is 1.83 bits per heavy atom. The molecule has 0 fully saturated rings. The van der Waals surface area contributed by atoms with Crippen molar-refractivity contribution in [3.8, 4) is 44.5 Å². The Kier molecular flexibility index (Phi) is 5.49. The van der Waals surface area contributed by atoms with Crippen LogP contribution in [0.4, 0.5) is 17.1 Å². The van der Waals surface area contributed by atoms with Gasteiger partial charge < -0.3 is 4.90 Å². The standard InChI is InChI=1S/C39H26N2/c1-2-12-32(13-3-1)41(33-20-17-27(18-21-33)31-11-7-23-40-26-31)34-14-4-10-29(24-34)30-19-22-35-36-15-5-8-28-9-6-16-37(39(28)36)38(35)25-30/h1-26H. The maximum Gasteiger partial charge on any atom is 0.0467 e. The van der Waals surface area contributed by atoms with Gasteiger partial charge in [0.2, 0.25) is 0 Å². The third-order valence-electron chi connectivity index (χ3n) is 8.08. The fourth-order valence-electron chi connectivity index (χ4n) is 6.16. The van der Waals surface area contributed by atoms with E-state index in [1.54, 1.807) is 0 Å². The quantitative estimate of drug-likeness (QED) is 0.223. The number of aromatic nitrogens is 1. The summed E-state index contributed by atoms with van der Waals surface area (Å²) in [4.78, 5) is 6.61. The van der Waals surface area contributed by atoms with Gasteiger partial charge in [0.1, 0.15) is 0 Å². The summed E-state index contributed by atoms with van der Waals surface area (Å²) in [5, 5.41) is 2.66. The van der Waals surface area contributed by atoms with Gasteiger partial charge in [0.05, 0.1) is 0 Å². The number of fused-ring (bicyclic) bond motifs is 3. The summed E-state index contributed by atoms with van der Waals surface area (Å²) < 4.78 is 0. The van der Waals surface area contributed by atoms with Crippen LogP contribution >= 0.6 is 0 Å². The molecule has 7 aromatic rings. The smallest absolute Gasteiger partial charge is 0.0467 e. The number of para-hydroxylation sites is 1. The predicted octanol–water partition coefficient (Wildman–Crippen LogP) is 10.7. The van der Waals surface area contributed by atoms with Gasteiger partial charge in [-0.1, -0.05) is 97.1 Å². The highest BCUT2D eigenvalue weighted by Crippen LogP contribution is 2.48. The Hall–Kier alpha value is -5.47. The highest BCUT2D eigenvalue weighted by atomic mass is 15.1. The monoisotopic (exact) mass is 522 g/mol. The van der Waals surface area contributed by atoms with Crippen molar-refractivity contribution in [3.63, 3.8) is 0 Å². The Morgan fingerprint density at radius 1 is 0.390 bits per heavy atom. The summed E-state index contributed by atoms with van der Waals surface area (Å²) in [6.07, 6.45) is 3.71. The van der Waals surface area contributed by atoms with Crippen LogP contribution in [0.1, 0.15) is 0 Å². The highest BCUT2D eigenvalue weighted by Gasteiger charge is 2.21. The maximum atomic E-state index is 4.29. The Labute approximate surface area is 239 Å². The summed E-state index contributed by atoms with van der Waals surface area (Å²) in [5.74, 6) is 0. The molecule has 0 atom stereocenters. The van der Waals surface area contributed by atoms with E-state index in [-0.39, 0.29) is 0 Å². The van der Waals surface area contributed by atoms with Gasteiger partial charge in [-0.15, -0.1) is 0 Å². The Balaban J connectivity index is 1.21. The first kappa shape index (κ1) is 23.4. The lowest BCUT2D eigenvalue weighted by Gasteiger charge is -2.26. The number of benzene rings is 6. The fraction of sp³-hybridized carbons (Fsp3) is 0. The molecule has 2 nitrogen and oxygen atoms in total. The minimum atomic E-state index is 1.11. The first-order valence-electron chi connectivity index (χ1n) is 14.0. The number of hydrogen-bond acceptors (Lipinski definition) is 2. The molecule has 0 spiro atoms. The molecule has 2 heteroatoms. The number of pyridine rings is 1. The third-order valence-corrected chi connectivity index (χ3v) is 8.08. The highest BCUT2D eigenvalue weighted by molar-refractivity contribution is 6.15. The second-order valence-electron chi connectivity index (χ2n) is 10.5. The zero-order valence-corrected chi connectivity index (χ0v) is 22.4. The van der Waals surface area contributed by atoms with E-state index in [0.717, 1.165) is 28.2 Å². The van der Waals surface area contributed by atoms with Crippen molar-refractivity contribution in [1.82, 2.24) is 4.98 Å². The average Bonchev–Trinajstić information content (AvgIpc) is 3.37. The van der Waals surface area contributed by atoms with Crippen LogP contribution in [0, 0.1) is 0 Å². The van der Waals surface area contributed by atoms with Gasteiger partial charge in [0.15, 0.2) is 0 Å². The van der Waals surface area contributed by atoms with E-state index in [1.165, 1.54) is 44.2 Å². The molecule has 0 N–H and O–H groups in total. The van der Waals surface area contributed by atoms with Gasteiger partial charge in [-0.05, 0) is 104 Å². The minimum absolute atomic E-state index is 1.11. The lowest BCUT2D eigenvalue weighted by atomic mass is 9.97. The van der Waals surface area contributed by atoms with Gasteiger partial charge >= 0.3 is 0 Å². The lowest BCUT2D eigenvalue weighted by Crippen LogP contribution is -2.09. The summed E-state index contributed by atoms with van der Waals surface area (Å²) in [5.41, 5.74) is 13.3. The zero-order chi connectivity index (χ0) is 27.2. The van der Waals surface area contributed by atoms with Gasteiger partial charge in [-0.2, -0.15) is 0 Å². The van der Waals surface area contributed by atoms with Crippen LogP contribution < -0.4 is 4.90 Å². The van der Waals surface area contributed by atoms with E-state index in [2.05, 4.69) is 149 Å². The molecule has 0 amide bonds. The second-order valence-corrected chi connectivity index (χ2v) is 10.5. The molecule has 0 saturated carbocycles. The van der Waals surface area contributed by atoms with Crippen molar-refractivity contribution in [2.75, 3.05) is 4.90 Å². The van der Waals surface area contributed by atoms with Crippen molar-refractivity contribution in [1.29, 1.82) is 0 Å². The molecule has 1 aliphatic rings. The van der Waals surface area contributed by atoms with Crippen molar-refractivity contribution >= 4 is 27.8 Å². The molecule has 41 heavy (non-hydrogen) atoms. The summed E-state index contributed by atoms with van der Waals surface area (Å²) in [6, 6.07) is 52.4. The molecular formula is C39H26N2. The van der Waals surface area contributed by atoms with Crippen LogP contribution in [0.15, 0.2) is 158 Å². The van der Waals surface area contributed by atoms with E-state index >= 15 is 0 Å². The van der Waals surface area contributed by atoms with Gasteiger partial charge in [-0.25, -0.2) is 0 Å². The fourth-order valence-corrected chi connectivity index (χ4v) is 6.16. The van der Waals surface area contributed by atoms with E-state index in [0.29, 0.717) is 0 Å². The van der Waals surface area contributed by atoms with Gasteiger partial charge in [0.25, 0.3) is 0 Å². The van der Waals surface area contributed by atoms with Crippen molar-refractivity contribution in [3.05, 3.63) is 158 Å². The molecular weight excluding hydrogens is 496 g/mol. The number of rotatable bonds is 5. The first-order chi connectivity index (χ1) is 20.3. The molecule has 8 rings (SSSR count). The van der Waals surface area contributed by atoms with Crippen molar-refractivity contribution < 1.29 is 0 Å². The molecule has 0 aliphatic heterocycles. The molecule has 1 heterocycles. The van der Waals surface area contributed by atoms with Gasteiger partial charge in [0, 0.05) is 29.5 Å². The normalized spacial score (nSPS) is 11.4. The van der Waals surface area contributed by atoms with Crippen molar-refractivity contribution in [2.45, 2.75) is 0 Å². The molecule has 1 aliphatic carbocycles. The summed E-state index contributed by atoms with van der Waals surface area (Å²) in [6.45, 7) is 0. The number of anilines is 3. The molecule has 0 bridgehead atoms. The summed E-state index contributed by atoms with van der Waals surface area (Å²) in [7, 11) is 0. The molecule has 0 saturated heterocycles. The first-order valence-corrected chi connectivity index (χ1v) is 14.0. The molecule has 0 unspecified atom stereocenters. The molecule has 192 valence electrons. The predicted molar refractivity (Wildman–Crippen MR) is 172 cm³/mol. The third kappa shape index (κ3) is 4.00. The Bertz CT molecular complexity index is 2020. The maximum absolute atomic E-state index is 4.29. The SMILES string of the molecule is c1ccc(N(c2ccc(-c3cccnc3)cc2)c2cccc(-c3ccc4c(c3)-c3cccc5cccc-4c35)c2)cc1. The second kappa shape index (κ2) is 9.62. The molecule has 1 aromatic heterocycles. The number of hydrogen-bond donors (Lipinski definition) is 0. The topological polar surface area (TPSA) is 16.1 Å². The van der Waals surface area contributed by atoms with E-state index in [1.807, 2.05) is 18.5 Å². The summed E-state index contributed by atoms with van der Waals surface area (Å²) >= 11 is 0. The molecule has 6 aromatic carbocycles. The van der Waals surface area contributed by atoms with Crippen LogP contribution in [0.5, 0.6) is 0 Å². The van der Waals surface area contributed by atoms with E-state index < -0.39 is 0 Å². The average molecular weight is 523 g/mol. The number of nitrogens with zero attached hydrogens (tertiary/aromatic N) is 2. The van der Waals surface area contributed by atoms with E-state index in [4.69, 9.17) is 0 Å². The van der Waals surface area contributed by atoms with Crippen molar-refractivity contribution in [2.24, 2.45) is 0 Å². The zero-order valence-electron chi connectivity index (χ0n) is 22.4. The van der Waals surface area contributed by atoms with E-state index in [9.17, 15) is 0 Å². The van der Waals surface area contributed by atoms with Crippen LogP contribution in [0.3, 0.4) is 0 Å². The lowest BCUT2D eigenvalue weighted by molar-refractivity contribution is 1.28. The van der Waals surface area contributed by atoms with Crippen LogP contribution in [0.2, 0.25) is 0 Å². The molecule has 0 radical (unpaired) electrons.